The number of fused-ring (bicyclic) bond motifs is 1. The maximum absolute atomic E-state index is 12.8. The fourth-order valence-electron chi connectivity index (χ4n) is 4.94. The minimum atomic E-state index is -0.439. The third kappa shape index (κ3) is 4.93. The highest BCUT2D eigenvalue weighted by Gasteiger charge is 2.25. The molecule has 1 N–H and O–H groups in total. The summed E-state index contributed by atoms with van der Waals surface area (Å²) in [6, 6.07) is 19.0. The molecule has 0 radical (unpaired) electrons. The molecule has 35 heavy (non-hydrogen) atoms. The minimum Gasteiger partial charge on any atom is -0.340 e. The summed E-state index contributed by atoms with van der Waals surface area (Å²) in [5.41, 5.74) is 3.97. The summed E-state index contributed by atoms with van der Waals surface area (Å²) >= 11 is 0. The van der Waals surface area contributed by atoms with Gasteiger partial charge in [-0.15, -0.1) is 0 Å². The van der Waals surface area contributed by atoms with Gasteiger partial charge in [-0.25, -0.2) is 4.79 Å². The van der Waals surface area contributed by atoms with Crippen LogP contribution in [-0.2, 0) is 26.6 Å². The second-order valence-corrected chi connectivity index (χ2v) is 9.40. The van der Waals surface area contributed by atoms with Crippen molar-refractivity contribution in [3.63, 3.8) is 0 Å². The van der Waals surface area contributed by atoms with Crippen molar-refractivity contribution in [1.29, 1.82) is 0 Å². The van der Waals surface area contributed by atoms with Gasteiger partial charge in [0.05, 0.1) is 0 Å². The molecular formula is C27H32N6O2. The van der Waals surface area contributed by atoms with E-state index in [1.807, 2.05) is 22.8 Å². The molecule has 2 aromatic carbocycles. The summed E-state index contributed by atoms with van der Waals surface area (Å²) in [5.74, 6) is 0.773. The van der Waals surface area contributed by atoms with Crippen molar-refractivity contribution in [2.45, 2.75) is 32.9 Å². The van der Waals surface area contributed by atoms with Gasteiger partial charge in [0.2, 0.25) is 5.95 Å². The highest BCUT2D eigenvalue weighted by molar-refractivity contribution is 5.74. The summed E-state index contributed by atoms with van der Waals surface area (Å²) in [4.78, 5) is 37.0. The topological polar surface area (TPSA) is 79.2 Å². The Morgan fingerprint density at radius 3 is 2.43 bits per heavy atom. The normalized spacial score (nSPS) is 14.6. The molecule has 1 saturated heterocycles. The molecule has 0 aliphatic carbocycles. The number of benzene rings is 2. The smallest absolute Gasteiger partial charge is 0.329 e. The van der Waals surface area contributed by atoms with Crippen molar-refractivity contribution in [2.24, 2.45) is 7.05 Å². The van der Waals surface area contributed by atoms with Gasteiger partial charge in [-0.05, 0) is 30.9 Å². The van der Waals surface area contributed by atoms with Crippen molar-refractivity contribution in [1.82, 2.24) is 24.0 Å². The third-order valence-corrected chi connectivity index (χ3v) is 6.82. The lowest BCUT2D eigenvalue weighted by Crippen LogP contribution is -2.46. The molecule has 0 bridgehead atoms. The number of aromatic amines is 1. The Labute approximate surface area is 204 Å². The highest BCUT2D eigenvalue weighted by Crippen LogP contribution is 2.22. The van der Waals surface area contributed by atoms with E-state index < -0.39 is 5.69 Å². The molecule has 1 fully saturated rings. The molecule has 1 aliphatic heterocycles. The second-order valence-electron chi connectivity index (χ2n) is 9.40. The van der Waals surface area contributed by atoms with Crippen molar-refractivity contribution < 1.29 is 0 Å². The number of nitrogens with one attached hydrogen (secondary N) is 1. The van der Waals surface area contributed by atoms with Crippen LogP contribution in [0.5, 0.6) is 0 Å². The molecule has 3 heterocycles. The third-order valence-electron chi connectivity index (χ3n) is 6.82. The Morgan fingerprint density at radius 1 is 0.943 bits per heavy atom. The van der Waals surface area contributed by atoms with Crippen LogP contribution in [0, 0.1) is 6.92 Å². The Bertz CT molecular complexity index is 1430. The summed E-state index contributed by atoms with van der Waals surface area (Å²) in [5, 5.41) is 0. The number of imidazole rings is 1. The van der Waals surface area contributed by atoms with Crippen LogP contribution in [0.2, 0.25) is 0 Å². The molecule has 4 aromatic rings. The van der Waals surface area contributed by atoms with E-state index in [4.69, 9.17) is 4.98 Å². The van der Waals surface area contributed by atoms with Gasteiger partial charge in [-0.2, -0.15) is 4.98 Å². The number of aromatic nitrogens is 4. The largest absolute Gasteiger partial charge is 0.340 e. The molecule has 1 aliphatic rings. The van der Waals surface area contributed by atoms with E-state index in [0.29, 0.717) is 17.7 Å². The molecule has 0 spiro atoms. The lowest BCUT2D eigenvalue weighted by atomic mass is 10.1. The standard InChI is InChI=1S/C27H32N6O2/c1-20-8-6-11-22(18-20)19-31-14-16-32(17-15-31)26-28-24-23(25(34)29-27(35)30(24)2)33(26)13-7-12-21-9-4-3-5-10-21/h3-6,8-11,18H,7,12-17,19H2,1-2H3,(H,29,34,35). The van der Waals surface area contributed by atoms with E-state index in [9.17, 15) is 9.59 Å². The van der Waals surface area contributed by atoms with Gasteiger partial charge in [-0.1, -0.05) is 60.2 Å². The maximum atomic E-state index is 12.8. The van der Waals surface area contributed by atoms with Crippen LogP contribution in [0.4, 0.5) is 5.95 Å². The first-order valence-corrected chi connectivity index (χ1v) is 12.3. The fraction of sp³-hybridized carbons (Fsp3) is 0.370. The van der Waals surface area contributed by atoms with Crippen LogP contribution in [-0.4, -0.2) is 50.2 Å². The zero-order chi connectivity index (χ0) is 24.4. The van der Waals surface area contributed by atoms with Crippen molar-refractivity contribution in [2.75, 3.05) is 31.1 Å². The quantitative estimate of drug-likeness (QED) is 0.447. The van der Waals surface area contributed by atoms with Crippen molar-refractivity contribution in [3.05, 3.63) is 92.1 Å². The molecule has 182 valence electrons. The Morgan fingerprint density at radius 2 is 1.69 bits per heavy atom. The lowest BCUT2D eigenvalue weighted by Gasteiger charge is -2.35. The summed E-state index contributed by atoms with van der Waals surface area (Å²) in [6.07, 6.45) is 1.78. The first-order chi connectivity index (χ1) is 17.0. The molecule has 0 saturated carbocycles. The monoisotopic (exact) mass is 472 g/mol. The molecular weight excluding hydrogens is 440 g/mol. The number of nitrogens with zero attached hydrogens (tertiary/aromatic N) is 5. The SMILES string of the molecule is Cc1cccc(CN2CCN(c3nc4c(c(=O)[nH]c(=O)n4C)n3CCCc3ccccc3)CC2)c1. The van der Waals surface area contributed by atoms with Gasteiger partial charge < -0.3 is 9.47 Å². The molecule has 0 atom stereocenters. The molecule has 8 heteroatoms. The van der Waals surface area contributed by atoms with Crippen LogP contribution >= 0.6 is 0 Å². The van der Waals surface area contributed by atoms with E-state index >= 15 is 0 Å². The summed E-state index contributed by atoms with van der Waals surface area (Å²) in [7, 11) is 1.66. The average Bonchev–Trinajstić information content (AvgIpc) is 3.24. The van der Waals surface area contributed by atoms with Gasteiger partial charge in [0.15, 0.2) is 11.2 Å². The first kappa shape index (κ1) is 23.1. The number of hydrogen-bond acceptors (Lipinski definition) is 5. The number of hydrogen-bond donors (Lipinski definition) is 1. The Hall–Kier alpha value is -3.65. The van der Waals surface area contributed by atoms with E-state index in [0.717, 1.165) is 51.5 Å². The van der Waals surface area contributed by atoms with Crippen LogP contribution in [0.3, 0.4) is 0 Å². The second kappa shape index (κ2) is 9.92. The van der Waals surface area contributed by atoms with E-state index in [1.165, 1.54) is 21.3 Å². The van der Waals surface area contributed by atoms with Crippen LogP contribution in [0.1, 0.15) is 23.1 Å². The number of rotatable bonds is 7. The fourth-order valence-corrected chi connectivity index (χ4v) is 4.94. The minimum absolute atomic E-state index is 0.375. The van der Waals surface area contributed by atoms with Gasteiger partial charge in [0.1, 0.15) is 0 Å². The Balaban J connectivity index is 1.38. The van der Waals surface area contributed by atoms with Crippen LogP contribution < -0.4 is 16.1 Å². The molecule has 5 rings (SSSR count). The van der Waals surface area contributed by atoms with E-state index in [-0.39, 0.29) is 5.56 Å². The zero-order valence-electron chi connectivity index (χ0n) is 20.4. The first-order valence-electron chi connectivity index (χ1n) is 12.3. The number of piperazine rings is 1. The number of anilines is 1. The van der Waals surface area contributed by atoms with Crippen molar-refractivity contribution >= 4 is 17.1 Å². The number of aryl methyl sites for hydroxylation is 4. The van der Waals surface area contributed by atoms with Crippen LogP contribution in [0.15, 0.2) is 64.2 Å². The van der Waals surface area contributed by atoms with Gasteiger partial charge in [0.25, 0.3) is 5.56 Å². The number of H-pyrrole nitrogens is 1. The van der Waals surface area contributed by atoms with E-state index in [1.54, 1.807) is 7.05 Å². The highest BCUT2D eigenvalue weighted by atomic mass is 16.2. The van der Waals surface area contributed by atoms with Gasteiger partial charge in [0, 0.05) is 46.3 Å². The van der Waals surface area contributed by atoms with Crippen molar-refractivity contribution in [3.8, 4) is 0 Å². The molecule has 8 nitrogen and oxygen atoms in total. The Kier molecular flexibility index (Phi) is 6.55. The van der Waals surface area contributed by atoms with Gasteiger partial charge >= 0.3 is 5.69 Å². The van der Waals surface area contributed by atoms with Crippen LogP contribution in [0.25, 0.3) is 11.2 Å². The lowest BCUT2D eigenvalue weighted by molar-refractivity contribution is 0.248. The zero-order valence-corrected chi connectivity index (χ0v) is 20.4. The predicted octanol–water partition coefficient (Wildman–Crippen LogP) is 2.69. The summed E-state index contributed by atoms with van der Waals surface area (Å²) < 4.78 is 3.44. The molecule has 0 amide bonds. The van der Waals surface area contributed by atoms with Gasteiger partial charge in [-0.3, -0.25) is 19.2 Å². The predicted molar refractivity (Wildman–Crippen MR) is 139 cm³/mol. The molecule has 2 aromatic heterocycles. The van der Waals surface area contributed by atoms with E-state index in [2.05, 4.69) is 58.1 Å². The average molecular weight is 473 g/mol. The maximum Gasteiger partial charge on any atom is 0.329 e. The molecule has 0 unspecified atom stereocenters. The summed E-state index contributed by atoms with van der Waals surface area (Å²) in [6.45, 7) is 7.17.